The Labute approximate surface area is 122 Å². The van der Waals surface area contributed by atoms with Gasteiger partial charge in [0.15, 0.2) is 0 Å². The highest BCUT2D eigenvalue weighted by Crippen LogP contribution is 2.31. The summed E-state index contributed by atoms with van der Waals surface area (Å²) in [5.41, 5.74) is 2.59. The molecule has 0 spiro atoms. The van der Waals surface area contributed by atoms with Crippen LogP contribution in [0.5, 0.6) is 0 Å². The van der Waals surface area contributed by atoms with E-state index in [0.29, 0.717) is 11.3 Å². The molecular weight excluding hydrogens is 271 g/mol. The Hall–Kier alpha value is -2.43. The van der Waals surface area contributed by atoms with Gasteiger partial charge in [-0.25, -0.2) is 4.39 Å². The van der Waals surface area contributed by atoms with Crippen molar-refractivity contribution in [2.75, 3.05) is 5.32 Å². The molecule has 0 aliphatic heterocycles. The van der Waals surface area contributed by atoms with Crippen molar-refractivity contribution in [1.29, 1.82) is 0 Å². The Morgan fingerprint density at radius 1 is 1.19 bits per heavy atom. The van der Waals surface area contributed by atoms with Crippen molar-refractivity contribution in [2.24, 2.45) is 0 Å². The fraction of sp³-hybridized carbons (Fsp3) is 0.250. The van der Waals surface area contributed by atoms with Gasteiger partial charge < -0.3 is 5.32 Å². The molecule has 0 amide bonds. The molecule has 4 nitrogen and oxygen atoms in total. The summed E-state index contributed by atoms with van der Waals surface area (Å²) in [6.07, 6.45) is 0. The van der Waals surface area contributed by atoms with Crippen LogP contribution in [0.15, 0.2) is 36.4 Å². The zero-order valence-electron chi connectivity index (χ0n) is 12.2. The Kier molecular flexibility index (Phi) is 4.21. The summed E-state index contributed by atoms with van der Waals surface area (Å²) in [6.45, 7) is 5.35. The van der Waals surface area contributed by atoms with Gasteiger partial charge in [-0.15, -0.1) is 0 Å². The highest BCUT2D eigenvalue weighted by Gasteiger charge is 2.18. The van der Waals surface area contributed by atoms with E-state index in [9.17, 15) is 14.5 Å². The summed E-state index contributed by atoms with van der Waals surface area (Å²) in [4.78, 5) is 10.7. The van der Waals surface area contributed by atoms with E-state index in [0.717, 1.165) is 11.1 Å². The smallest absolute Gasteiger partial charge is 0.292 e. The second-order valence-corrected chi connectivity index (χ2v) is 5.10. The van der Waals surface area contributed by atoms with Crippen LogP contribution in [-0.4, -0.2) is 4.92 Å². The van der Waals surface area contributed by atoms with Crippen LogP contribution in [0.1, 0.15) is 29.7 Å². The highest BCUT2D eigenvalue weighted by molar-refractivity contribution is 5.66. The average molecular weight is 288 g/mol. The second-order valence-electron chi connectivity index (χ2n) is 5.10. The molecule has 1 N–H and O–H groups in total. The first-order valence-corrected chi connectivity index (χ1v) is 6.66. The van der Waals surface area contributed by atoms with Gasteiger partial charge in [0.1, 0.15) is 11.5 Å². The molecule has 0 saturated carbocycles. The maximum Gasteiger partial charge on any atom is 0.292 e. The number of para-hydroxylation sites is 1. The number of benzene rings is 2. The lowest BCUT2D eigenvalue weighted by atomic mass is 10.0. The fourth-order valence-corrected chi connectivity index (χ4v) is 2.17. The molecule has 110 valence electrons. The molecule has 0 bridgehead atoms. The second kappa shape index (κ2) is 5.91. The first kappa shape index (κ1) is 15.0. The van der Waals surface area contributed by atoms with Crippen LogP contribution < -0.4 is 5.32 Å². The van der Waals surface area contributed by atoms with E-state index in [1.165, 1.54) is 12.1 Å². The largest absolute Gasteiger partial charge is 0.373 e. The van der Waals surface area contributed by atoms with Gasteiger partial charge in [0.25, 0.3) is 5.69 Å². The SMILES string of the molecule is Cc1ccc(C(C)Nc2c(C)cccc2[N+](=O)[O-])cc1F. The predicted octanol–water partition coefficient (Wildman–Crippen LogP) is 4.52. The number of nitro benzene ring substituents is 1. The third-order valence-corrected chi connectivity index (χ3v) is 3.50. The zero-order valence-corrected chi connectivity index (χ0v) is 12.2. The van der Waals surface area contributed by atoms with Crippen LogP contribution in [0.25, 0.3) is 0 Å². The van der Waals surface area contributed by atoms with E-state index in [-0.39, 0.29) is 17.5 Å². The molecule has 0 saturated heterocycles. The lowest BCUT2D eigenvalue weighted by Gasteiger charge is -2.18. The molecule has 2 aromatic rings. The normalized spacial score (nSPS) is 12.0. The average Bonchev–Trinajstić information content (AvgIpc) is 2.43. The van der Waals surface area contributed by atoms with E-state index >= 15 is 0 Å². The molecular formula is C16H17FN2O2. The minimum atomic E-state index is -0.419. The molecule has 0 radical (unpaired) electrons. The van der Waals surface area contributed by atoms with E-state index < -0.39 is 4.92 Å². The number of anilines is 1. The van der Waals surface area contributed by atoms with Gasteiger partial charge in [-0.1, -0.05) is 24.3 Å². The molecule has 1 unspecified atom stereocenters. The number of aryl methyl sites for hydroxylation is 2. The van der Waals surface area contributed by atoms with E-state index in [2.05, 4.69) is 5.32 Å². The molecule has 0 aromatic heterocycles. The maximum atomic E-state index is 13.6. The first-order chi connectivity index (χ1) is 9.90. The van der Waals surface area contributed by atoms with E-state index in [4.69, 9.17) is 0 Å². The van der Waals surface area contributed by atoms with Crippen LogP contribution in [0.4, 0.5) is 15.8 Å². The highest BCUT2D eigenvalue weighted by atomic mass is 19.1. The van der Waals surface area contributed by atoms with Crippen LogP contribution in [0, 0.1) is 29.8 Å². The maximum absolute atomic E-state index is 13.6. The van der Waals surface area contributed by atoms with Crippen molar-refractivity contribution in [2.45, 2.75) is 26.8 Å². The fourth-order valence-electron chi connectivity index (χ4n) is 2.17. The summed E-state index contributed by atoms with van der Waals surface area (Å²) in [5, 5.41) is 14.2. The molecule has 2 aromatic carbocycles. The number of hydrogen-bond donors (Lipinski definition) is 1. The zero-order chi connectivity index (χ0) is 15.6. The molecule has 5 heteroatoms. The summed E-state index contributed by atoms with van der Waals surface area (Å²) in [5.74, 6) is -0.277. The quantitative estimate of drug-likeness (QED) is 0.664. The number of nitrogens with zero attached hydrogens (tertiary/aromatic N) is 1. The number of nitrogens with one attached hydrogen (secondary N) is 1. The number of hydrogen-bond acceptors (Lipinski definition) is 3. The third-order valence-electron chi connectivity index (χ3n) is 3.50. The van der Waals surface area contributed by atoms with E-state index in [1.54, 1.807) is 32.0 Å². The minimum absolute atomic E-state index is 0.0226. The minimum Gasteiger partial charge on any atom is -0.373 e. The Balaban J connectivity index is 2.33. The first-order valence-electron chi connectivity index (χ1n) is 6.66. The summed E-state index contributed by atoms with van der Waals surface area (Å²) in [7, 11) is 0. The molecule has 0 fully saturated rings. The van der Waals surface area contributed by atoms with Gasteiger partial charge >= 0.3 is 0 Å². The van der Waals surface area contributed by atoms with Gasteiger partial charge in [-0.05, 0) is 43.5 Å². The van der Waals surface area contributed by atoms with E-state index in [1.807, 2.05) is 13.0 Å². The molecule has 0 heterocycles. The van der Waals surface area contributed by atoms with Crippen LogP contribution in [0.2, 0.25) is 0 Å². The van der Waals surface area contributed by atoms with Gasteiger partial charge in [-0.2, -0.15) is 0 Å². The Morgan fingerprint density at radius 2 is 1.90 bits per heavy atom. The standard InChI is InChI=1S/C16H17FN2O2/c1-10-7-8-13(9-14(10)17)12(3)18-16-11(2)5-4-6-15(16)19(20)21/h4-9,12,18H,1-3H3. The van der Waals surface area contributed by atoms with Gasteiger partial charge in [-0.3, -0.25) is 10.1 Å². The summed E-state index contributed by atoms with van der Waals surface area (Å²) in [6, 6.07) is 9.65. The lowest BCUT2D eigenvalue weighted by Crippen LogP contribution is -2.10. The van der Waals surface area contributed by atoms with Crippen molar-refractivity contribution >= 4 is 11.4 Å². The van der Waals surface area contributed by atoms with Crippen molar-refractivity contribution in [3.8, 4) is 0 Å². The van der Waals surface area contributed by atoms with Crippen molar-refractivity contribution in [1.82, 2.24) is 0 Å². The molecule has 21 heavy (non-hydrogen) atoms. The van der Waals surface area contributed by atoms with Gasteiger partial charge in [0.2, 0.25) is 0 Å². The summed E-state index contributed by atoms with van der Waals surface area (Å²) < 4.78 is 13.6. The Bertz CT molecular complexity index is 686. The number of rotatable bonds is 4. The topological polar surface area (TPSA) is 55.2 Å². The Morgan fingerprint density at radius 3 is 2.52 bits per heavy atom. The van der Waals surface area contributed by atoms with Crippen molar-refractivity contribution in [3.63, 3.8) is 0 Å². The third kappa shape index (κ3) is 3.18. The summed E-state index contributed by atoms with van der Waals surface area (Å²) >= 11 is 0. The number of halogens is 1. The molecule has 2 rings (SSSR count). The predicted molar refractivity (Wildman–Crippen MR) is 81.0 cm³/mol. The van der Waals surface area contributed by atoms with Gasteiger partial charge in [0, 0.05) is 12.1 Å². The molecule has 1 atom stereocenters. The number of nitro groups is 1. The van der Waals surface area contributed by atoms with Crippen LogP contribution in [-0.2, 0) is 0 Å². The van der Waals surface area contributed by atoms with Crippen LogP contribution >= 0.6 is 0 Å². The monoisotopic (exact) mass is 288 g/mol. The molecule has 0 aliphatic carbocycles. The van der Waals surface area contributed by atoms with Crippen molar-refractivity contribution in [3.05, 3.63) is 69.0 Å². The van der Waals surface area contributed by atoms with Crippen molar-refractivity contribution < 1.29 is 9.31 Å². The molecule has 0 aliphatic rings. The van der Waals surface area contributed by atoms with Gasteiger partial charge in [0.05, 0.1) is 4.92 Å². The van der Waals surface area contributed by atoms with Crippen LogP contribution in [0.3, 0.4) is 0 Å². The lowest BCUT2D eigenvalue weighted by molar-refractivity contribution is -0.384.